The zero-order valence-corrected chi connectivity index (χ0v) is 19.4. The number of nitrogens with one attached hydrogen (secondary N) is 1. The van der Waals surface area contributed by atoms with Gasteiger partial charge in [-0.3, -0.25) is 14.4 Å². The Kier molecular flexibility index (Phi) is 10.1. The number of hydrogen-bond donors (Lipinski definition) is 1. The minimum absolute atomic E-state index is 0.00592. The van der Waals surface area contributed by atoms with Gasteiger partial charge in [-0.15, -0.1) is 4.74 Å². The summed E-state index contributed by atoms with van der Waals surface area (Å²) in [5, 5.41) is 2.30. The monoisotopic (exact) mass is 456 g/mol. The van der Waals surface area contributed by atoms with Gasteiger partial charge in [-0.05, 0) is 12.8 Å². The number of esters is 3. The normalized spacial score (nSPS) is 11.2. The van der Waals surface area contributed by atoms with Crippen LogP contribution in [-0.2, 0) is 46.5 Å². The molecule has 11 nitrogen and oxygen atoms in total. The molecular weight excluding hydrogens is 424 g/mol. The van der Waals surface area contributed by atoms with Crippen LogP contribution < -0.4 is 10.9 Å². The maximum atomic E-state index is 13.2. The lowest BCUT2D eigenvalue weighted by Gasteiger charge is -2.28. The van der Waals surface area contributed by atoms with Crippen LogP contribution in [0.4, 0.5) is 0 Å². The van der Waals surface area contributed by atoms with E-state index in [-0.39, 0.29) is 17.2 Å². The third-order valence-electron chi connectivity index (χ3n) is 4.92. The Balaban J connectivity index is 3.73. The molecule has 0 saturated carbocycles. The van der Waals surface area contributed by atoms with Gasteiger partial charge in [-0.2, -0.15) is 0 Å². The fourth-order valence-corrected chi connectivity index (χ4v) is 3.58. The summed E-state index contributed by atoms with van der Waals surface area (Å²) in [4.78, 5) is 61.7. The van der Waals surface area contributed by atoms with Crippen LogP contribution in [0.2, 0.25) is 0 Å². The van der Waals surface area contributed by atoms with E-state index < -0.39 is 48.1 Å². The molecule has 32 heavy (non-hydrogen) atoms. The minimum atomic E-state index is -2.30. The maximum Gasteiger partial charge on any atom is 0.343 e. The molecule has 1 amide bonds. The first-order valence-electron chi connectivity index (χ1n) is 10.4. The van der Waals surface area contributed by atoms with Crippen LogP contribution in [0.25, 0.3) is 0 Å². The minimum Gasteiger partial charge on any atom is -0.467 e. The van der Waals surface area contributed by atoms with Crippen molar-refractivity contribution >= 4 is 23.8 Å². The van der Waals surface area contributed by atoms with Crippen molar-refractivity contribution in [2.75, 3.05) is 14.2 Å². The van der Waals surface area contributed by atoms with Gasteiger partial charge < -0.3 is 24.1 Å². The quantitative estimate of drug-likeness (QED) is 0.280. The van der Waals surface area contributed by atoms with E-state index in [1.165, 1.54) is 6.92 Å². The average molecular weight is 456 g/mol. The molecule has 1 N–H and O–H groups in total. The van der Waals surface area contributed by atoms with Crippen LogP contribution in [0.1, 0.15) is 70.6 Å². The Bertz CT molecular complexity index is 862. The Hall–Kier alpha value is -3.11. The zero-order chi connectivity index (χ0) is 24.5. The molecule has 0 saturated heterocycles. The molecule has 1 aromatic heterocycles. The van der Waals surface area contributed by atoms with Crippen LogP contribution in [0.5, 0.6) is 0 Å². The first kappa shape index (κ1) is 26.9. The highest BCUT2D eigenvalue weighted by Gasteiger charge is 2.51. The summed E-state index contributed by atoms with van der Waals surface area (Å²) in [5.74, 6) is -3.46. The molecule has 0 atom stereocenters. The smallest absolute Gasteiger partial charge is 0.343 e. The van der Waals surface area contributed by atoms with E-state index in [1.807, 2.05) is 13.8 Å². The summed E-state index contributed by atoms with van der Waals surface area (Å²) in [6.07, 6.45) is 2.36. The second-order valence-corrected chi connectivity index (χ2v) is 7.40. The van der Waals surface area contributed by atoms with Gasteiger partial charge in [0.15, 0.2) is 0 Å². The molecule has 0 aliphatic heterocycles. The number of methoxy groups -OCH3 is 2. The van der Waals surface area contributed by atoms with E-state index in [9.17, 15) is 24.0 Å². The van der Waals surface area contributed by atoms with Crippen LogP contribution in [0.15, 0.2) is 9.32 Å². The molecule has 1 heterocycles. The zero-order valence-electron chi connectivity index (χ0n) is 19.4. The Morgan fingerprint density at radius 1 is 1.03 bits per heavy atom. The molecule has 0 fully saturated rings. The van der Waals surface area contributed by atoms with Gasteiger partial charge in [0.25, 0.3) is 5.56 Å². The number of carbonyl (C=O) groups is 4. The van der Waals surface area contributed by atoms with E-state index in [0.29, 0.717) is 12.8 Å². The first-order chi connectivity index (χ1) is 15.1. The Morgan fingerprint density at radius 2 is 1.56 bits per heavy atom. The molecule has 1 rings (SSSR count). The molecule has 0 unspecified atom stereocenters. The Labute approximate surface area is 186 Å². The second kappa shape index (κ2) is 12.1. The van der Waals surface area contributed by atoms with Crippen molar-refractivity contribution in [3.05, 3.63) is 21.7 Å². The van der Waals surface area contributed by atoms with E-state index in [4.69, 9.17) is 18.7 Å². The lowest BCUT2D eigenvalue weighted by atomic mass is 9.86. The van der Waals surface area contributed by atoms with E-state index in [0.717, 1.165) is 38.7 Å². The largest absolute Gasteiger partial charge is 0.467 e. The predicted molar refractivity (Wildman–Crippen MR) is 112 cm³/mol. The number of hydrogen-bond acceptors (Lipinski definition) is 9. The molecule has 0 bridgehead atoms. The van der Waals surface area contributed by atoms with Gasteiger partial charge in [0.2, 0.25) is 18.2 Å². The summed E-state index contributed by atoms with van der Waals surface area (Å²) >= 11 is 0. The van der Waals surface area contributed by atoms with Crippen LogP contribution in [0, 0.1) is 0 Å². The first-order valence-corrected chi connectivity index (χ1v) is 10.4. The molecule has 11 heteroatoms. The molecule has 0 aliphatic rings. The van der Waals surface area contributed by atoms with Crippen molar-refractivity contribution < 1.29 is 37.9 Å². The van der Waals surface area contributed by atoms with Crippen molar-refractivity contribution in [3.8, 4) is 0 Å². The van der Waals surface area contributed by atoms with Crippen LogP contribution >= 0.6 is 0 Å². The molecule has 0 aromatic carbocycles. The van der Waals surface area contributed by atoms with Crippen molar-refractivity contribution in [2.24, 2.45) is 0 Å². The Morgan fingerprint density at radius 3 is 1.97 bits per heavy atom. The van der Waals surface area contributed by atoms with E-state index in [2.05, 4.69) is 5.32 Å². The molecule has 0 aliphatic carbocycles. The topological polar surface area (TPSA) is 143 Å². The standard InChI is InChI=1S/C21H32N2O9/c1-7-9-15(10-8-2)17-16(18(26)23(32-17)12-31-14(4)25)11-21(19(27)29-5,20(28)30-6)22-13(3)24/h15H,7-12H2,1-6H3,(H,22,24). The van der Waals surface area contributed by atoms with E-state index >= 15 is 0 Å². The van der Waals surface area contributed by atoms with Gasteiger partial charge in [-0.1, -0.05) is 26.7 Å². The lowest BCUT2D eigenvalue weighted by molar-refractivity contribution is -0.165. The number of ether oxygens (including phenoxy) is 3. The van der Waals surface area contributed by atoms with Gasteiger partial charge in [0.1, 0.15) is 5.76 Å². The molecule has 0 spiro atoms. The highest BCUT2D eigenvalue weighted by Crippen LogP contribution is 2.31. The molecule has 0 radical (unpaired) electrons. The summed E-state index contributed by atoms with van der Waals surface area (Å²) in [6, 6.07) is 0. The number of carbonyl (C=O) groups excluding carboxylic acids is 4. The van der Waals surface area contributed by atoms with Crippen molar-refractivity contribution in [3.63, 3.8) is 0 Å². The fraction of sp³-hybridized carbons (Fsp3) is 0.667. The molecular formula is C21H32N2O9. The summed E-state index contributed by atoms with van der Waals surface area (Å²) < 4.78 is 21.0. The highest BCUT2D eigenvalue weighted by molar-refractivity contribution is 6.08. The van der Waals surface area contributed by atoms with Gasteiger partial charge in [-0.25, -0.2) is 9.59 Å². The third kappa shape index (κ3) is 6.21. The predicted octanol–water partition coefficient (Wildman–Crippen LogP) is 1.41. The molecule has 180 valence electrons. The molecule has 1 aromatic rings. The van der Waals surface area contributed by atoms with Crippen LogP contribution in [0.3, 0.4) is 0 Å². The number of amides is 1. The van der Waals surface area contributed by atoms with Crippen molar-refractivity contribution in [2.45, 2.75) is 78.0 Å². The van der Waals surface area contributed by atoms with Gasteiger partial charge >= 0.3 is 17.9 Å². The number of rotatable bonds is 12. The fourth-order valence-electron chi connectivity index (χ4n) is 3.58. The third-order valence-corrected chi connectivity index (χ3v) is 4.92. The van der Waals surface area contributed by atoms with Crippen molar-refractivity contribution in [1.82, 2.24) is 10.1 Å². The van der Waals surface area contributed by atoms with E-state index in [1.54, 1.807) is 0 Å². The SMILES string of the molecule is CCCC(CCC)c1on(COC(C)=O)c(=O)c1CC(NC(C)=O)(C(=O)OC)C(=O)OC. The van der Waals surface area contributed by atoms with Gasteiger partial charge in [0, 0.05) is 26.2 Å². The van der Waals surface area contributed by atoms with Gasteiger partial charge in [0.05, 0.1) is 19.8 Å². The maximum absolute atomic E-state index is 13.2. The number of nitrogens with zero attached hydrogens (tertiary/aromatic N) is 1. The summed E-state index contributed by atoms with van der Waals surface area (Å²) in [7, 11) is 2.10. The van der Waals surface area contributed by atoms with Crippen LogP contribution in [-0.4, -0.2) is 48.3 Å². The lowest BCUT2D eigenvalue weighted by Crippen LogP contribution is -2.62. The second-order valence-electron chi connectivity index (χ2n) is 7.40. The average Bonchev–Trinajstić information content (AvgIpc) is 3.05. The van der Waals surface area contributed by atoms with Crippen molar-refractivity contribution in [1.29, 1.82) is 0 Å². The summed E-state index contributed by atoms with van der Waals surface area (Å²) in [6.45, 7) is 5.77. The summed E-state index contributed by atoms with van der Waals surface area (Å²) in [5.41, 5.74) is -3.00. The number of aromatic nitrogens is 1. The highest BCUT2D eigenvalue weighted by atomic mass is 16.6.